The lowest BCUT2D eigenvalue weighted by molar-refractivity contribution is 0.413. The van der Waals surface area contributed by atoms with Crippen LogP contribution < -0.4 is 10.5 Å². The maximum absolute atomic E-state index is 5.87. The fourth-order valence-corrected chi connectivity index (χ4v) is 2.72. The number of rotatable bonds is 3. The minimum atomic E-state index is 0.122. The number of hydrogen-bond acceptors (Lipinski definition) is 2. The Balaban J connectivity index is 2.68. The zero-order chi connectivity index (χ0) is 12.4. The highest BCUT2D eigenvalue weighted by molar-refractivity contribution is 9.10. The molecule has 0 saturated carbocycles. The number of benzene rings is 2. The van der Waals surface area contributed by atoms with Gasteiger partial charge in [-0.25, -0.2) is 0 Å². The van der Waals surface area contributed by atoms with E-state index in [9.17, 15) is 0 Å². The van der Waals surface area contributed by atoms with E-state index in [4.69, 9.17) is 10.5 Å². The first-order chi connectivity index (χ1) is 8.13. The first kappa shape index (κ1) is 12.4. The standard InChI is InChI=1S/C14H16BrNO/c1-9(16)7-10-8-13(15)11-5-3-4-6-12(11)14(10)17-2/h3-6,8-9H,7,16H2,1-2H3. The molecule has 0 aliphatic rings. The Labute approximate surface area is 110 Å². The third-order valence-electron chi connectivity index (χ3n) is 2.77. The molecule has 0 spiro atoms. The molecule has 0 aliphatic heterocycles. The summed E-state index contributed by atoms with van der Waals surface area (Å²) in [5, 5.41) is 2.29. The number of methoxy groups -OCH3 is 1. The molecule has 1 atom stereocenters. The van der Waals surface area contributed by atoms with Crippen LogP contribution in [0, 0.1) is 0 Å². The molecule has 90 valence electrons. The van der Waals surface area contributed by atoms with Gasteiger partial charge in [0.2, 0.25) is 0 Å². The van der Waals surface area contributed by atoms with Gasteiger partial charge in [-0.1, -0.05) is 40.2 Å². The van der Waals surface area contributed by atoms with Gasteiger partial charge < -0.3 is 10.5 Å². The van der Waals surface area contributed by atoms with E-state index in [0.717, 1.165) is 33.0 Å². The Kier molecular flexibility index (Phi) is 3.69. The Morgan fingerprint density at radius 1 is 1.29 bits per heavy atom. The fourth-order valence-electron chi connectivity index (χ4n) is 2.10. The molecule has 2 aromatic rings. The van der Waals surface area contributed by atoms with Crippen LogP contribution in [0.25, 0.3) is 10.8 Å². The van der Waals surface area contributed by atoms with Gasteiger partial charge in [-0.2, -0.15) is 0 Å². The largest absolute Gasteiger partial charge is 0.496 e. The zero-order valence-corrected chi connectivity index (χ0v) is 11.6. The highest BCUT2D eigenvalue weighted by Gasteiger charge is 2.12. The average Bonchev–Trinajstić information content (AvgIpc) is 2.29. The van der Waals surface area contributed by atoms with Crippen LogP contribution in [0.4, 0.5) is 0 Å². The van der Waals surface area contributed by atoms with Crippen LogP contribution >= 0.6 is 15.9 Å². The van der Waals surface area contributed by atoms with Gasteiger partial charge in [-0.05, 0) is 30.4 Å². The molecule has 0 fully saturated rings. The monoisotopic (exact) mass is 293 g/mol. The van der Waals surface area contributed by atoms with Crippen LogP contribution in [0.1, 0.15) is 12.5 Å². The van der Waals surface area contributed by atoms with Crippen molar-refractivity contribution in [3.63, 3.8) is 0 Å². The molecular weight excluding hydrogens is 278 g/mol. The molecule has 17 heavy (non-hydrogen) atoms. The molecule has 2 nitrogen and oxygen atoms in total. The predicted octanol–water partition coefficient (Wildman–Crippen LogP) is 3.50. The number of fused-ring (bicyclic) bond motifs is 1. The zero-order valence-electron chi connectivity index (χ0n) is 10.0. The van der Waals surface area contributed by atoms with Gasteiger partial charge >= 0.3 is 0 Å². The molecule has 0 aliphatic carbocycles. The highest BCUT2D eigenvalue weighted by Crippen LogP contribution is 2.35. The molecule has 0 aromatic heterocycles. The summed E-state index contributed by atoms with van der Waals surface area (Å²) >= 11 is 3.60. The molecule has 0 heterocycles. The van der Waals surface area contributed by atoms with Crippen molar-refractivity contribution in [2.45, 2.75) is 19.4 Å². The van der Waals surface area contributed by atoms with Gasteiger partial charge in [0.1, 0.15) is 5.75 Å². The van der Waals surface area contributed by atoms with E-state index >= 15 is 0 Å². The summed E-state index contributed by atoms with van der Waals surface area (Å²) in [6.07, 6.45) is 0.812. The van der Waals surface area contributed by atoms with Crippen LogP contribution in [0.2, 0.25) is 0 Å². The van der Waals surface area contributed by atoms with E-state index in [1.165, 1.54) is 0 Å². The van der Waals surface area contributed by atoms with Crippen LogP contribution in [0.5, 0.6) is 5.75 Å². The summed E-state index contributed by atoms with van der Waals surface area (Å²) in [4.78, 5) is 0. The molecule has 2 aromatic carbocycles. The first-order valence-corrected chi connectivity index (χ1v) is 6.42. The fraction of sp³-hybridized carbons (Fsp3) is 0.286. The van der Waals surface area contributed by atoms with E-state index < -0.39 is 0 Å². The Bertz CT molecular complexity index is 537. The van der Waals surface area contributed by atoms with E-state index in [1.54, 1.807) is 7.11 Å². The molecule has 1 unspecified atom stereocenters. The molecular formula is C14H16BrNO. The molecule has 3 heteroatoms. The molecule has 0 radical (unpaired) electrons. The summed E-state index contributed by atoms with van der Waals surface area (Å²) in [5.41, 5.74) is 7.02. The van der Waals surface area contributed by atoms with Crippen molar-refractivity contribution in [1.29, 1.82) is 0 Å². The quantitative estimate of drug-likeness (QED) is 0.940. The van der Waals surface area contributed by atoms with E-state index in [2.05, 4.69) is 34.1 Å². The third kappa shape index (κ3) is 2.45. The highest BCUT2D eigenvalue weighted by atomic mass is 79.9. The Hall–Kier alpha value is -1.06. The smallest absolute Gasteiger partial charge is 0.130 e. The number of ether oxygens (including phenoxy) is 1. The molecule has 2 N–H and O–H groups in total. The van der Waals surface area contributed by atoms with E-state index in [1.807, 2.05) is 19.1 Å². The van der Waals surface area contributed by atoms with Gasteiger partial charge in [0.15, 0.2) is 0 Å². The average molecular weight is 294 g/mol. The summed E-state index contributed by atoms with van der Waals surface area (Å²) in [6.45, 7) is 2.00. The third-order valence-corrected chi connectivity index (χ3v) is 3.42. The molecule has 2 rings (SSSR count). The first-order valence-electron chi connectivity index (χ1n) is 5.63. The predicted molar refractivity (Wildman–Crippen MR) is 75.6 cm³/mol. The van der Waals surface area contributed by atoms with Crippen molar-refractivity contribution >= 4 is 26.7 Å². The number of halogens is 1. The molecule has 0 saturated heterocycles. The van der Waals surface area contributed by atoms with Crippen LogP contribution in [0.3, 0.4) is 0 Å². The van der Waals surface area contributed by atoms with E-state index in [0.29, 0.717) is 0 Å². The second-order valence-corrected chi connectivity index (χ2v) is 5.13. The molecule has 0 bridgehead atoms. The van der Waals surface area contributed by atoms with Crippen molar-refractivity contribution in [3.8, 4) is 5.75 Å². The van der Waals surface area contributed by atoms with Crippen molar-refractivity contribution < 1.29 is 4.74 Å². The van der Waals surface area contributed by atoms with Gasteiger partial charge in [-0.3, -0.25) is 0 Å². The second-order valence-electron chi connectivity index (χ2n) is 4.28. The SMILES string of the molecule is COc1c(CC(C)N)cc(Br)c2ccccc12. The number of hydrogen-bond donors (Lipinski definition) is 1. The van der Waals surface area contributed by atoms with Crippen molar-refractivity contribution in [2.75, 3.05) is 7.11 Å². The van der Waals surface area contributed by atoms with Gasteiger partial charge in [0.25, 0.3) is 0 Å². The Morgan fingerprint density at radius 3 is 2.53 bits per heavy atom. The molecule has 0 amide bonds. The minimum absolute atomic E-state index is 0.122. The van der Waals surface area contributed by atoms with Gasteiger partial charge in [0.05, 0.1) is 7.11 Å². The van der Waals surface area contributed by atoms with E-state index in [-0.39, 0.29) is 6.04 Å². The topological polar surface area (TPSA) is 35.2 Å². The maximum Gasteiger partial charge on any atom is 0.130 e. The second kappa shape index (κ2) is 5.07. The summed E-state index contributed by atoms with van der Waals surface area (Å²) in [5.74, 6) is 0.932. The van der Waals surface area contributed by atoms with Crippen LogP contribution in [-0.4, -0.2) is 13.2 Å². The normalized spacial score (nSPS) is 12.7. The lowest BCUT2D eigenvalue weighted by Gasteiger charge is -2.14. The van der Waals surface area contributed by atoms with Crippen molar-refractivity contribution in [1.82, 2.24) is 0 Å². The minimum Gasteiger partial charge on any atom is -0.496 e. The van der Waals surface area contributed by atoms with Crippen LogP contribution in [0.15, 0.2) is 34.8 Å². The van der Waals surface area contributed by atoms with Crippen molar-refractivity contribution in [3.05, 3.63) is 40.4 Å². The van der Waals surface area contributed by atoms with Crippen LogP contribution in [-0.2, 0) is 6.42 Å². The van der Waals surface area contributed by atoms with Gasteiger partial charge in [0, 0.05) is 15.9 Å². The summed E-state index contributed by atoms with van der Waals surface area (Å²) in [7, 11) is 1.71. The lowest BCUT2D eigenvalue weighted by atomic mass is 10.0. The van der Waals surface area contributed by atoms with Crippen molar-refractivity contribution in [2.24, 2.45) is 5.73 Å². The summed E-state index contributed by atoms with van der Waals surface area (Å²) in [6, 6.07) is 10.4. The lowest BCUT2D eigenvalue weighted by Crippen LogP contribution is -2.18. The Morgan fingerprint density at radius 2 is 1.94 bits per heavy atom. The van der Waals surface area contributed by atoms with Gasteiger partial charge in [-0.15, -0.1) is 0 Å². The number of nitrogens with two attached hydrogens (primary N) is 1. The maximum atomic E-state index is 5.87. The summed E-state index contributed by atoms with van der Waals surface area (Å²) < 4.78 is 6.63.